The molecule has 1 N–H and O–H groups in total. The Morgan fingerprint density at radius 3 is 2.52 bits per heavy atom. The molecular formula is C21H32N2O4. The first kappa shape index (κ1) is 21.3. The number of hydrogen-bond donors (Lipinski definition) is 1. The quantitative estimate of drug-likeness (QED) is 0.742. The molecule has 1 fully saturated rings. The highest BCUT2D eigenvalue weighted by atomic mass is 16.5. The third kappa shape index (κ3) is 5.97. The van der Waals surface area contributed by atoms with Crippen LogP contribution in [0.3, 0.4) is 0 Å². The first-order valence-electron chi connectivity index (χ1n) is 9.33. The molecule has 2 atom stereocenters. The predicted molar refractivity (Wildman–Crippen MR) is 107 cm³/mol. The van der Waals surface area contributed by atoms with Crippen molar-refractivity contribution in [1.29, 1.82) is 0 Å². The van der Waals surface area contributed by atoms with Gasteiger partial charge in [0.25, 0.3) is 0 Å². The molecule has 27 heavy (non-hydrogen) atoms. The number of carbonyl (C=O) groups excluding carboxylic acids is 1. The fourth-order valence-corrected chi connectivity index (χ4v) is 3.27. The average Bonchev–Trinajstić information content (AvgIpc) is 2.63. The van der Waals surface area contributed by atoms with Crippen molar-refractivity contribution in [3.8, 4) is 11.5 Å². The van der Waals surface area contributed by atoms with Gasteiger partial charge in [-0.3, -0.25) is 9.69 Å². The number of morpholine rings is 1. The second-order valence-corrected chi connectivity index (χ2v) is 7.63. The molecule has 0 radical (unpaired) electrons. The minimum atomic E-state index is -0.145. The van der Waals surface area contributed by atoms with Crippen LogP contribution in [0.15, 0.2) is 24.3 Å². The van der Waals surface area contributed by atoms with Crippen LogP contribution in [-0.4, -0.2) is 62.4 Å². The van der Waals surface area contributed by atoms with Gasteiger partial charge >= 0.3 is 0 Å². The summed E-state index contributed by atoms with van der Waals surface area (Å²) >= 11 is 0. The van der Waals surface area contributed by atoms with Crippen LogP contribution in [0.4, 0.5) is 0 Å². The molecule has 1 aromatic rings. The summed E-state index contributed by atoms with van der Waals surface area (Å²) in [5.74, 6) is 1.24. The number of ether oxygens (including phenoxy) is 3. The molecule has 0 spiro atoms. The van der Waals surface area contributed by atoms with E-state index in [0.29, 0.717) is 18.0 Å². The molecule has 0 aliphatic carbocycles. The van der Waals surface area contributed by atoms with E-state index in [1.807, 2.05) is 12.1 Å². The number of hydrogen-bond acceptors (Lipinski definition) is 5. The topological polar surface area (TPSA) is 60.0 Å². The van der Waals surface area contributed by atoms with Gasteiger partial charge in [0, 0.05) is 42.9 Å². The van der Waals surface area contributed by atoms with E-state index >= 15 is 0 Å². The Bertz CT molecular complexity index is 662. The molecule has 0 saturated carbocycles. The maximum Gasteiger partial charge on any atom is 0.244 e. The van der Waals surface area contributed by atoms with Crippen LogP contribution in [0, 0.1) is 0 Å². The minimum absolute atomic E-state index is 0.129. The van der Waals surface area contributed by atoms with E-state index in [1.54, 1.807) is 26.4 Å². The van der Waals surface area contributed by atoms with Gasteiger partial charge < -0.3 is 19.5 Å². The molecule has 1 saturated heterocycles. The van der Waals surface area contributed by atoms with Crippen molar-refractivity contribution in [2.45, 2.75) is 45.4 Å². The lowest BCUT2D eigenvalue weighted by molar-refractivity contribution is -0.118. The minimum Gasteiger partial charge on any atom is -0.497 e. The SMILES string of the molecule is COc1ccc(C=CC(=O)NCC(C)(C)N2CC(C)OC(C)C2)c(OC)c1. The molecule has 0 bridgehead atoms. The Morgan fingerprint density at radius 1 is 1.26 bits per heavy atom. The Hall–Kier alpha value is -2.05. The Balaban J connectivity index is 1.94. The lowest BCUT2D eigenvalue weighted by atomic mass is 10.00. The van der Waals surface area contributed by atoms with Gasteiger partial charge in [0.05, 0.1) is 26.4 Å². The van der Waals surface area contributed by atoms with E-state index in [4.69, 9.17) is 14.2 Å². The molecule has 150 valence electrons. The van der Waals surface area contributed by atoms with E-state index in [1.165, 1.54) is 6.08 Å². The normalized spacial score (nSPS) is 21.3. The number of nitrogens with zero attached hydrogens (tertiary/aromatic N) is 1. The number of amides is 1. The van der Waals surface area contributed by atoms with E-state index in [0.717, 1.165) is 18.7 Å². The number of nitrogens with one attached hydrogen (secondary N) is 1. The molecule has 6 nitrogen and oxygen atoms in total. The Morgan fingerprint density at radius 2 is 1.93 bits per heavy atom. The highest BCUT2D eigenvalue weighted by Gasteiger charge is 2.33. The smallest absolute Gasteiger partial charge is 0.244 e. The summed E-state index contributed by atoms with van der Waals surface area (Å²) < 4.78 is 16.3. The van der Waals surface area contributed by atoms with Crippen molar-refractivity contribution >= 4 is 12.0 Å². The summed E-state index contributed by atoms with van der Waals surface area (Å²) in [6, 6.07) is 5.49. The second-order valence-electron chi connectivity index (χ2n) is 7.63. The van der Waals surface area contributed by atoms with E-state index in [2.05, 4.69) is 37.9 Å². The van der Waals surface area contributed by atoms with Crippen molar-refractivity contribution in [3.05, 3.63) is 29.8 Å². The van der Waals surface area contributed by atoms with Crippen molar-refractivity contribution in [1.82, 2.24) is 10.2 Å². The summed E-state index contributed by atoms with van der Waals surface area (Å²) in [6.45, 7) is 10.8. The predicted octanol–water partition coefficient (Wildman–Crippen LogP) is 2.72. The molecule has 1 aromatic carbocycles. The van der Waals surface area contributed by atoms with Gasteiger partial charge in [-0.1, -0.05) is 0 Å². The highest BCUT2D eigenvalue weighted by molar-refractivity contribution is 5.92. The maximum atomic E-state index is 12.3. The van der Waals surface area contributed by atoms with Crippen molar-refractivity contribution in [3.63, 3.8) is 0 Å². The number of benzene rings is 1. The van der Waals surface area contributed by atoms with Gasteiger partial charge in [0.1, 0.15) is 11.5 Å². The summed E-state index contributed by atoms with van der Waals surface area (Å²) in [5, 5.41) is 3.01. The van der Waals surface area contributed by atoms with Crippen LogP contribution in [0.5, 0.6) is 11.5 Å². The molecular weight excluding hydrogens is 344 g/mol. The standard InChI is InChI=1S/C21H32N2O4/c1-15-12-23(13-16(2)27-15)21(3,4)14-22-20(24)10-8-17-7-9-18(25-5)11-19(17)26-6/h7-11,15-16H,12-14H2,1-6H3,(H,22,24). The van der Waals surface area contributed by atoms with E-state index in [-0.39, 0.29) is 23.7 Å². The van der Waals surface area contributed by atoms with Gasteiger partial charge in [-0.05, 0) is 45.9 Å². The molecule has 1 amide bonds. The first-order chi connectivity index (χ1) is 12.7. The van der Waals surface area contributed by atoms with Crippen molar-refractivity contribution < 1.29 is 19.0 Å². The lowest BCUT2D eigenvalue weighted by Gasteiger charge is -2.45. The van der Waals surface area contributed by atoms with Crippen LogP contribution in [0.1, 0.15) is 33.3 Å². The molecule has 1 aliphatic heterocycles. The van der Waals surface area contributed by atoms with Crippen LogP contribution >= 0.6 is 0 Å². The highest BCUT2D eigenvalue weighted by Crippen LogP contribution is 2.25. The lowest BCUT2D eigenvalue weighted by Crippen LogP contribution is -2.58. The van der Waals surface area contributed by atoms with Crippen LogP contribution in [0.25, 0.3) is 6.08 Å². The monoisotopic (exact) mass is 376 g/mol. The molecule has 0 aromatic heterocycles. The van der Waals surface area contributed by atoms with Gasteiger partial charge in [-0.15, -0.1) is 0 Å². The van der Waals surface area contributed by atoms with Gasteiger partial charge in [0.15, 0.2) is 0 Å². The molecule has 1 heterocycles. The fraction of sp³-hybridized carbons (Fsp3) is 0.571. The first-order valence-corrected chi connectivity index (χ1v) is 9.33. The van der Waals surface area contributed by atoms with Crippen molar-refractivity contribution in [2.75, 3.05) is 33.9 Å². The molecule has 2 unspecified atom stereocenters. The van der Waals surface area contributed by atoms with Crippen molar-refractivity contribution in [2.24, 2.45) is 0 Å². The summed E-state index contributed by atoms with van der Waals surface area (Å²) in [6.07, 6.45) is 3.68. The zero-order valence-corrected chi connectivity index (χ0v) is 17.2. The zero-order valence-electron chi connectivity index (χ0n) is 17.2. The summed E-state index contributed by atoms with van der Waals surface area (Å²) in [5.41, 5.74) is 0.677. The fourth-order valence-electron chi connectivity index (χ4n) is 3.27. The third-order valence-corrected chi connectivity index (χ3v) is 4.83. The molecule has 2 rings (SSSR count). The Labute approximate surface area is 162 Å². The number of rotatable bonds is 7. The Kier molecular flexibility index (Phi) is 7.27. The van der Waals surface area contributed by atoms with Crippen LogP contribution in [0.2, 0.25) is 0 Å². The number of carbonyl (C=O) groups is 1. The van der Waals surface area contributed by atoms with E-state index < -0.39 is 0 Å². The van der Waals surface area contributed by atoms with Crippen LogP contribution in [-0.2, 0) is 9.53 Å². The van der Waals surface area contributed by atoms with Gasteiger partial charge in [-0.25, -0.2) is 0 Å². The summed E-state index contributed by atoms with van der Waals surface area (Å²) in [7, 11) is 3.20. The number of methoxy groups -OCH3 is 2. The van der Waals surface area contributed by atoms with E-state index in [9.17, 15) is 4.79 Å². The summed E-state index contributed by atoms with van der Waals surface area (Å²) in [4.78, 5) is 14.7. The van der Waals surface area contributed by atoms with Gasteiger partial charge in [-0.2, -0.15) is 0 Å². The van der Waals surface area contributed by atoms with Crippen LogP contribution < -0.4 is 14.8 Å². The zero-order chi connectivity index (χ0) is 20.0. The molecule has 1 aliphatic rings. The maximum absolute atomic E-state index is 12.3. The average molecular weight is 376 g/mol. The second kappa shape index (κ2) is 9.24. The largest absolute Gasteiger partial charge is 0.497 e. The third-order valence-electron chi connectivity index (χ3n) is 4.83. The molecule has 6 heteroatoms. The van der Waals surface area contributed by atoms with Gasteiger partial charge in [0.2, 0.25) is 5.91 Å².